The van der Waals surface area contributed by atoms with Gasteiger partial charge in [-0.05, 0) is 25.0 Å². The van der Waals surface area contributed by atoms with Crippen LogP contribution in [0.2, 0.25) is 0 Å². The Balaban J connectivity index is 1.76. The SMILES string of the molecule is Cc1ccc(/C=N\N=C2\S[C@@H](C)C(=O)N2Cc2ccccc2)cc1. The number of hydrogen-bond acceptors (Lipinski definition) is 4. The minimum Gasteiger partial charge on any atom is -0.284 e. The highest BCUT2D eigenvalue weighted by atomic mass is 32.2. The summed E-state index contributed by atoms with van der Waals surface area (Å²) in [5.74, 6) is 0.0770. The van der Waals surface area contributed by atoms with Gasteiger partial charge >= 0.3 is 0 Å². The number of carbonyl (C=O) groups is 1. The molecule has 0 aromatic heterocycles. The van der Waals surface area contributed by atoms with Crippen molar-refractivity contribution in [1.29, 1.82) is 0 Å². The Morgan fingerprint density at radius 3 is 2.54 bits per heavy atom. The zero-order chi connectivity index (χ0) is 16.9. The van der Waals surface area contributed by atoms with E-state index in [1.807, 2.05) is 68.4 Å². The van der Waals surface area contributed by atoms with Crippen LogP contribution in [0.25, 0.3) is 0 Å². The Morgan fingerprint density at radius 1 is 1.12 bits per heavy atom. The van der Waals surface area contributed by atoms with Crippen molar-refractivity contribution < 1.29 is 4.79 Å². The van der Waals surface area contributed by atoms with Crippen molar-refractivity contribution in [2.45, 2.75) is 25.6 Å². The average Bonchev–Trinajstić information content (AvgIpc) is 2.85. The van der Waals surface area contributed by atoms with E-state index in [1.165, 1.54) is 17.3 Å². The van der Waals surface area contributed by atoms with E-state index in [-0.39, 0.29) is 11.2 Å². The van der Waals surface area contributed by atoms with Crippen LogP contribution in [0.3, 0.4) is 0 Å². The molecule has 2 aromatic carbocycles. The lowest BCUT2D eigenvalue weighted by Crippen LogP contribution is -2.30. The number of amidine groups is 1. The lowest BCUT2D eigenvalue weighted by Gasteiger charge is -2.15. The summed E-state index contributed by atoms with van der Waals surface area (Å²) in [5.41, 5.74) is 3.27. The predicted molar refractivity (Wildman–Crippen MR) is 100 cm³/mol. The van der Waals surface area contributed by atoms with E-state index >= 15 is 0 Å². The van der Waals surface area contributed by atoms with Crippen LogP contribution in [0.15, 0.2) is 64.8 Å². The van der Waals surface area contributed by atoms with Crippen molar-refractivity contribution in [2.24, 2.45) is 10.2 Å². The second-order valence-corrected chi connectivity index (χ2v) is 7.02. The maximum Gasteiger partial charge on any atom is 0.242 e. The summed E-state index contributed by atoms with van der Waals surface area (Å²) in [4.78, 5) is 14.1. The zero-order valence-corrected chi connectivity index (χ0v) is 14.5. The molecule has 24 heavy (non-hydrogen) atoms. The van der Waals surface area contributed by atoms with Crippen LogP contribution in [0.5, 0.6) is 0 Å². The highest BCUT2D eigenvalue weighted by Crippen LogP contribution is 2.28. The molecule has 1 saturated heterocycles. The highest BCUT2D eigenvalue weighted by molar-refractivity contribution is 8.15. The lowest BCUT2D eigenvalue weighted by molar-refractivity contribution is -0.126. The Kier molecular flexibility index (Phi) is 5.11. The third-order valence-electron chi connectivity index (χ3n) is 3.74. The van der Waals surface area contributed by atoms with Crippen molar-refractivity contribution in [2.75, 3.05) is 0 Å². The molecule has 0 saturated carbocycles. The van der Waals surface area contributed by atoms with E-state index in [0.29, 0.717) is 11.7 Å². The molecule has 0 aliphatic carbocycles. The number of benzene rings is 2. The Labute approximate surface area is 146 Å². The number of thioether (sulfide) groups is 1. The van der Waals surface area contributed by atoms with Crippen LogP contribution >= 0.6 is 11.8 Å². The smallest absolute Gasteiger partial charge is 0.242 e. The van der Waals surface area contributed by atoms with Crippen molar-refractivity contribution in [3.63, 3.8) is 0 Å². The minimum absolute atomic E-state index is 0.0770. The Hall–Kier alpha value is -2.40. The summed E-state index contributed by atoms with van der Waals surface area (Å²) in [6.45, 7) is 4.47. The van der Waals surface area contributed by atoms with Crippen LogP contribution in [-0.4, -0.2) is 27.4 Å². The molecule has 1 heterocycles. The minimum atomic E-state index is -0.123. The molecule has 2 aromatic rings. The van der Waals surface area contributed by atoms with Crippen LogP contribution in [0, 0.1) is 6.92 Å². The Bertz CT molecular complexity index is 769. The molecule has 1 atom stereocenters. The van der Waals surface area contributed by atoms with Gasteiger partial charge in [0.15, 0.2) is 5.17 Å². The third kappa shape index (κ3) is 3.92. The average molecular weight is 337 g/mol. The first-order valence-electron chi connectivity index (χ1n) is 7.83. The molecule has 0 unspecified atom stereocenters. The first kappa shape index (κ1) is 16.5. The molecule has 0 N–H and O–H groups in total. The van der Waals surface area contributed by atoms with Gasteiger partial charge in [0.1, 0.15) is 0 Å². The van der Waals surface area contributed by atoms with Gasteiger partial charge in [-0.2, -0.15) is 5.10 Å². The number of rotatable bonds is 4. The van der Waals surface area contributed by atoms with E-state index in [2.05, 4.69) is 10.2 Å². The quantitative estimate of drug-likeness (QED) is 0.628. The molecule has 0 bridgehead atoms. The monoisotopic (exact) mass is 337 g/mol. The summed E-state index contributed by atoms with van der Waals surface area (Å²) in [6, 6.07) is 18.0. The van der Waals surface area contributed by atoms with Crippen LogP contribution < -0.4 is 0 Å². The van der Waals surface area contributed by atoms with Crippen molar-refractivity contribution in [1.82, 2.24) is 4.90 Å². The van der Waals surface area contributed by atoms with E-state index in [9.17, 15) is 4.79 Å². The fraction of sp³-hybridized carbons (Fsp3) is 0.211. The number of carbonyl (C=O) groups excluding carboxylic acids is 1. The van der Waals surface area contributed by atoms with Gasteiger partial charge in [0.25, 0.3) is 0 Å². The summed E-state index contributed by atoms with van der Waals surface area (Å²) < 4.78 is 0. The topological polar surface area (TPSA) is 45.0 Å². The molecule has 4 nitrogen and oxygen atoms in total. The molecule has 1 aliphatic rings. The molecule has 1 fully saturated rings. The molecular weight excluding hydrogens is 318 g/mol. The molecule has 1 aliphatic heterocycles. The Morgan fingerprint density at radius 2 is 1.83 bits per heavy atom. The van der Waals surface area contributed by atoms with Gasteiger partial charge in [0, 0.05) is 0 Å². The van der Waals surface area contributed by atoms with E-state index < -0.39 is 0 Å². The summed E-state index contributed by atoms with van der Waals surface area (Å²) in [7, 11) is 0. The third-order valence-corrected chi connectivity index (χ3v) is 4.81. The highest BCUT2D eigenvalue weighted by Gasteiger charge is 2.35. The van der Waals surface area contributed by atoms with E-state index in [0.717, 1.165) is 11.1 Å². The standard InChI is InChI=1S/C19H19N3OS/c1-14-8-10-16(11-9-14)12-20-21-19-22(18(23)15(2)24-19)13-17-6-4-3-5-7-17/h3-12,15H,13H2,1-2H3/b20-12-,21-19+/t15-/m0/s1. The number of amides is 1. The molecule has 0 spiro atoms. The van der Waals surface area contributed by atoms with Gasteiger partial charge in [-0.1, -0.05) is 71.9 Å². The fourth-order valence-corrected chi connectivity index (χ4v) is 3.29. The van der Waals surface area contributed by atoms with Gasteiger partial charge in [0.2, 0.25) is 5.91 Å². The van der Waals surface area contributed by atoms with Gasteiger partial charge in [-0.3, -0.25) is 9.69 Å². The molecule has 3 rings (SSSR count). The maximum atomic E-state index is 12.4. The molecule has 1 amide bonds. The van der Waals surface area contributed by atoms with Crippen LogP contribution in [-0.2, 0) is 11.3 Å². The number of nitrogens with zero attached hydrogens (tertiary/aromatic N) is 3. The summed E-state index contributed by atoms with van der Waals surface area (Å²) in [5, 5.41) is 8.97. The molecule has 0 radical (unpaired) electrons. The lowest BCUT2D eigenvalue weighted by atomic mass is 10.2. The number of aryl methyl sites for hydroxylation is 1. The second kappa shape index (κ2) is 7.45. The summed E-state index contributed by atoms with van der Waals surface area (Å²) in [6.07, 6.45) is 1.71. The zero-order valence-electron chi connectivity index (χ0n) is 13.7. The van der Waals surface area contributed by atoms with Gasteiger partial charge in [-0.15, -0.1) is 5.10 Å². The van der Waals surface area contributed by atoms with Gasteiger partial charge in [0.05, 0.1) is 18.0 Å². The van der Waals surface area contributed by atoms with Crippen LogP contribution in [0.1, 0.15) is 23.6 Å². The number of hydrogen-bond donors (Lipinski definition) is 0. The molecular formula is C19H19N3OS. The van der Waals surface area contributed by atoms with Gasteiger partial charge < -0.3 is 0 Å². The van der Waals surface area contributed by atoms with Crippen molar-refractivity contribution in [3.8, 4) is 0 Å². The van der Waals surface area contributed by atoms with Crippen LogP contribution in [0.4, 0.5) is 0 Å². The normalized spacial score (nSPS) is 19.6. The first-order chi connectivity index (χ1) is 11.6. The predicted octanol–water partition coefficient (Wildman–Crippen LogP) is 3.85. The van der Waals surface area contributed by atoms with Crippen molar-refractivity contribution >= 4 is 29.1 Å². The molecule has 122 valence electrons. The maximum absolute atomic E-state index is 12.4. The molecule has 5 heteroatoms. The fourth-order valence-electron chi connectivity index (χ4n) is 2.37. The largest absolute Gasteiger partial charge is 0.284 e. The first-order valence-corrected chi connectivity index (χ1v) is 8.71. The van der Waals surface area contributed by atoms with Crippen molar-refractivity contribution in [3.05, 3.63) is 71.3 Å². The van der Waals surface area contributed by atoms with E-state index in [4.69, 9.17) is 0 Å². The summed E-state index contributed by atoms with van der Waals surface area (Å²) >= 11 is 1.45. The van der Waals surface area contributed by atoms with E-state index in [1.54, 1.807) is 11.1 Å². The second-order valence-electron chi connectivity index (χ2n) is 5.71. The van der Waals surface area contributed by atoms with Gasteiger partial charge in [-0.25, -0.2) is 0 Å².